The van der Waals surface area contributed by atoms with Crippen LogP contribution in [0.5, 0.6) is 0 Å². The van der Waals surface area contributed by atoms with Crippen LogP contribution in [-0.4, -0.2) is 47.8 Å². The number of hydrogen-bond acceptors (Lipinski definition) is 2. The van der Waals surface area contributed by atoms with Crippen LogP contribution in [0.1, 0.15) is 35.2 Å². The third-order valence-electron chi connectivity index (χ3n) is 4.95. The molecule has 0 saturated carbocycles. The second-order valence-electron chi connectivity index (χ2n) is 6.79. The molecule has 2 aromatic carbocycles. The lowest BCUT2D eigenvalue weighted by atomic mass is 9.97. The molecule has 1 fully saturated rings. The summed E-state index contributed by atoms with van der Waals surface area (Å²) < 4.78 is 0. The molecule has 27 heavy (non-hydrogen) atoms. The predicted molar refractivity (Wildman–Crippen MR) is 108 cm³/mol. The Labute approximate surface area is 169 Å². The number of piperazine rings is 1. The second kappa shape index (κ2) is 8.77. The van der Waals surface area contributed by atoms with Crippen LogP contribution in [0, 0.1) is 0 Å². The number of carbonyl (C=O) groups excluding carboxylic acids is 2. The summed E-state index contributed by atoms with van der Waals surface area (Å²) in [6.45, 7) is 4.11. The number of amides is 2. The van der Waals surface area contributed by atoms with Gasteiger partial charge in [-0.1, -0.05) is 66.5 Å². The van der Waals surface area contributed by atoms with Crippen molar-refractivity contribution < 1.29 is 9.59 Å². The summed E-state index contributed by atoms with van der Waals surface area (Å²) >= 11 is 12.2. The first-order chi connectivity index (χ1) is 13.0. The van der Waals surface area contributed by atoms with E-state index in [1.807, 2.05) is 35.2 Å². The number of benzene rings is 2. The van der Waals surface area contributed by atoms with Gasteiger partial charge in [-0.25, -0.2) is 0 Å². The SMILES string of the molecule is CC(CC(=O)N1CCN(C(=O)c2cccc(Cl)c2Cl)CC1)c1ccccc1. The van der Waals surface area contributed by atoms with Gasteiger partial charge in [-0.15, -0.1) is 0 Å². The fourth-order valence-corrected chi connectivity index (χ4v) is 3.67. The van der Waals surface area contributed by atoms with E-state index in [2.05, 4.69) is 6.92 Å². The van der Waals surface area contributed by atoms with Crippen molar-refractivity contribution in [2.24, 2.45) is 0 Å². The first-order valence-corrected chi connectivity index (χ1v) is 9.79. The van der Waals surface area contributed by atoms with Crippen LogP contribution in [0.15, 0.2) is 48.5 Å². The van der Waals surface area contributed by atoms with Gasteiger partial charge in [0.2, 0.25) is 5.91 Å². The minimum atomic E-state index is -0.146. The molecule has 0 spiro atoms. The van der Waals surface area contributed by atoms with E-state index in [4.69, 9.17) is 23.2 Å². The Morgan fingerprint density at radius 3 is 2.22 bits per heavy atom. The van der Waals surface area contributed by atoms with Gasteiger partial charge in [-0.05, 0) is 23.6 Å². The van der Waals surface area contributed by atoms with Gasteiger partial charge in [0, 0.05) is 32.6 Å². The van der Waals surface area contributed by atoms with Crippen molar-refractivity contribution in [3.05, 3.63) is 69.7 Å². The van der Waals surface area contributed by atoms with E-state index in [1.165, 1.54) is 0 Å². The van der Waals surface area contributed by atoms with Gasteiger partial charge in [0.05, 0.1) is 15.6 Å². The van der Waals surface area contributed by atoms with Crippen molar-refractivity contribution in [3.8, 4) is 0 Å². The van der Waals surface area contributed by atoms with Gasteiger partial charge in [0.15, 0.2) is 0 Å². The molecule has 0 aliphatic carbocycles. The molecule has 3 rings (SSSR count). The third-order valence-corrected chi connectivity index (χ3v) is 5.77. The van der Waals surface area contributed by atoms with Crippen molar-refractivity contribution in [1.29, 1.82) is 0 Å². The molecule has 142 valence electrons. The Morgan fingerprint density at radius 1 is 0.926 bits per heavy atom. The highest BCUT2D eigenvalue weighted by Crippen LogP contribution is 2.27. The average molecular weight is 405 g/mol. The highest BCUT2D eigenvalue weighted by atomic mass is 35.5. The van der Waals surface area contributed by atoms with Crippen molar-refractivity contribution in [1.82, 2.24) is 9.80 Å². The Balaban J connectivity index is 1.56. The molecule has 1 atom stereocenters. The zero-order valence-corrected chi connectivity index (χ0v) is 16.7. The zero-order valence-electron chi connectivity index (χ0n) is 15.2. The molecule has 1 saturated heterocycles. The summed E-state index contributed by atoms with van der Waals surface area (Å²) in [5.41, 5.74) is 1.57. The van der Waals surface area contributed by atoms with Gasteiger partial charge >= 0.3 is 0 Å². The Morgan fingerprint density at radius 2 is 1.56 bits per heavy atom. The van der Waals surface area contributed by atoms with Gasteiger partial charge in [0.1, 0.15) is 0 Å². The van der Waals surface area contributed by atoms with Crippen LogP contribution in [0.25, 0.3) is 0 Å². The largest absolute Gasteiger partial charge is 0.339 e. The topological polar surface area (TPSA) is 40.6 Å². The van der Waals surface area contributed by atoms with Gasteiger partial charge in [-0.3, -0.25) is 9.59 Å². The summed E-state index contributed by atoms with van der Waals surface area (Å²) in [4.78, 5) is 28.9. The summed E-state index contributed by atoms with van der Waals surface area (Å²) in [6, 6.07) is 15.1. The highest BCUT2D eigenvalue weighted by Gasteiger charge is 2.27. The summed E-state index contributed by atoms with van der Waals surface area (Å²) in [5.74, 6) is 0.148. The molecule has 4 nitrogen and oxygen atoms in total. The van der Waals surface area contributed by atoms with E-state index in [0.717, 1.165) is 5.56 Å². The maximum absolute atomic E-state index is 12.7. The molecule has 0 radical (unpaired) electrons. The first kappa shape index (κ1) is 19.7. The number of rotatable bonds is 4. The normalized spacial score (nSPS) is 15.5. The first-order valence-electron chi connectivity index (χ1n) is 9.03. The third kappa shape index (κ3) is 4.63. The summed E-state index contributed by atoms with van der Waals surface area (Å²) in [7, 11) is 0. The van der Waals surface area contributed by atoms with Gasteiger partial charge in [-0.2, -0.15) is 0 Å². The Kier molecular flexibility index (Phi) is 6.40. The van der Waals surface area contributed by atoms with E-state index in [0.29, 0.717) is 43.2 Å². The van der Waals surface area contributed by atoms with Crippen molar-refractivity contribution in [3.63, 3.8) is 0 Å². The van der Waals surface area contributed by atoms with Crippen LogP contribution in [-0.2, 0) is 4.79 Å². The lowest BCUT2D eigenvalue weighted by Crippen LogP contribution is -2.50. The van der Waals surface area contributed by atoms with E-state index >= 15 is 0 Å². The van der Waals surface area contributed by atoms with Gasteiger partial charge < -0.3 is 9.80 Å². The minimum absolute atomic E-state index is 0.124. The second-order valence-corrected chi connectivity index (χ2v) is 7.58. The van der Waals surface area contributed by atoms with Crippen molar-refractivity contribution >= 4 is 35.0 Å². The number of carbonyl (C=O) groups is 2. The molecule has 1 aliphatic heterocycles. The molecular formula is C21H22Cl2N2O2. The smallest absolute Gasteiger partial charge is 0.255 e. The predicted octanol–water partition coefficient (Wildman–Crippen LogP) is 4.47. The summed E-state index contributed by atoms with van der Waals surface area (Å²) in [5, 5.41) is 0.644. The van der Waals surface area contributed by atoms with Crippen LogP contribution in [0.3, 0.4) is 0 Å². The molecule has 0 aromatic heterocycles. The molecule has 1 aliphatic rings. The monoisotopic (exact) mass is 404 g/mol. The minimum Gasteiger partial charge on any atom is -0.339 e. The maximum atomic E-state index is 12.7. The molecule has 6 heteroatoms. The average Bonchev–Trinajstić information content (AvgIpc) is 2.70. The summed E-state index contributed by atoms with van der Waals surface area (Å²) in [6.07, 6.45) is 0.470. The number of nitrogens with zero attached hydrogens (tertiary/aromatic N) is 2. The van der Waals surface area contributed by atoms with Crippen LogP contribution in [0.4, 0.5) is 0 Å². The Hall–Kier alpha value is -2.04. The lowest BCUT2D eigenvalue weighted by Gasteiger charge is -2.35. The molecule has 1 heterocycles. The highest BCUT2D eigenvalue weighted by molar-refractivity contribution is 6.43. The van der Waals surface area contributed by atoms with E-state index in [9.17, 15) is 9.59 Å². The van der Waals surface area contributed by atoms with Crippen molar-refractivity contribution in [2.45, 2.75) is 19.3 Å². The van der Waals surface area contributed by atoms with E-state index in [-0.39, 0.29) is 22.8 Å². The van der Waals surface area contributed by atoms with Gasteiger partial charge in [0.25, 0.3) is 5.91 Å². The molecule has 1 unspecified atom stereocenters. The fourth-order valence-electron chi connectivity index (χ4n) is 3.29. The zero-order chi connectivity index (χ0) is 19.4. The molecular weight excluding hydrogens is 383 g/mol. The molecule has 2 aromatic rings. The van der Waals surface area contributed by atoms with Crippen LogP contribution >= 0.6 is 23.2 Å². The lowest BCUT2D eigenvalue weighted by molar-refractivity contribution is -0.133. The Bertz CT molecular complexity index is 818. The number of hydrogen-bond donors (Lipinski definition) is 0. The van der Waals surface area contributed by atoms with Crippen molar-refractivity contribution in [2.75, 3.05) is 26.2 Å². The van der Waals surface area contributed by atoms with Crippen LogP contribution in [0.2, 0.25) is 10.0 Å². The molecule has 0 N–H and O–H groups in total. The molecule has 2 amide bonds. The van der Waals surface area contributed by atoms with Crippen LogP contribution < -0.4 is 0 Å². The standard InChI is InChI=1S/C21H22Cl2N2O2/c1-15(16-6-3-2-4-7-16)14-19(26)24-10-12-25(13-11-24)21(27)17-8-5-9-18(22)20(17)23/h2-9,15H,10-14H2,1H3. The molecule has 0 bridgehead atoms. The fraction of sp³-hybridized carbons (Fsp3) is 0.333. The van der Waals surface area contributed by atoms with E-state index in [1.54, 1.807) is 23.1 Å². The number of halogens is 2. The maximum Gasteiger partial charge on any atom is 0.255 e. The van der Waals surface area contributed by atoms with E-state index < -0.39 is 0 Å². The quantitative estimate of drug-likeness (QED) is 0.753.